The third-order valence-corrected chi connectivity index (χ3v) is 8.68. The zero-order chi connectivity index (χ0) is 17.1. The van der Waals surface area contributed by atoms with E-state index in [2.05, 4.69) is 43.8 Å². The normalized spacial score (nSPS) is 12.8. The summed E-state index contributed by atoms with van der Waals surface area (Å²) in [6, 6.07) is 0. The first-order valence-electron chi connectivity index (χ1n) is 7.89. The number of ether oxygens (including phenoxy) is 1. The maximum atomic E-state index is 12.0. The molecule has 0 fully saturated rings. The summed E-state index contributed by atoms with van der Waals surface area (Å²) in [7, 11) is -1.84. The SMILES string of the molecule is CCOC(=O)c1nc(CO[Si](C)(C)C(C)(C)C)[nH]c1C(C)C. The molecule has 1 rings (SSSR count). The lowest BCUT2D eigenvalue weighted by Gasteiger charge is -2.35. The molecular formula is C16H30N2O3Si. The molecule has 6 heteroatoms. The molecule has 0 amide bonds. The van der Waals surface area contributed by atoms with Crippen LogP contribution in [-0.4, -0.2) is 30.9 Å². The molecule has 0 spiro atoms. The van der Waals surface area contributed by atoms with Crippen molar-refractivity contribution < 1.29 is 14.0 Å². The molecule has 0 aliphatic rings. The fraction of sp³-hybridized carbons (Fsp3) is 0.750. The molecule has 1 aromatic rings. The van der Waals surface area contributed by atoms with E-state index in [0.717, 1.165) is 5.69 Å². The predicted molar refractivity (Wildman–Crippen MR) is 90.6 cm³/mol. The van der Waals surface area contributed by atoms with Crippen LogP contribution in [0, 0.1) is 0 Å². The highest BCUT2D eigenvalue weighted by atomic mass is 28.4. The van der Waals surface area contributed by atoms with Crippen molar-refractivity contribution in [2.24, 2.45) is 0 Å². The molecule has 1 N–H and O–H groups in total. The lowest BCUT2D eigenvalue weighted by Crippen LogP contribution is -2.40. The minimum atomic E-state index is -1.84. The second-order valence-corrected chi connectivity index (χ2v) is 12.2. The number of rotatable bonds is 6. The van der Waals surface area contributed by atoms with Crippen molar-refractivity contribution >= 4 is 14.3 Å². The molecular weight excluding hydrogens is 296 g/mol. The van der Waals surface area contributed by atoms with Crippen molar-refractivity contribution in [3.63, 3.8) is 0 Å². The number of carbonyl (C=O) groups excluding carboxylic acids is 1. The number of esters is 1. The van der Waals surface area contributed by atoms with Gasteiger partial charge < -0.3 is 14.1 Å². The molecule has 0 saturated heterocycles. The fourth-order valence-electron chi connectivity index (χ4n) is 1.74. The van der Waals surface area contributed by atoms with Crippen molar-refractivity contribution in [2.45, 2.75) is 72.2 Å². The number of H-pyrrole nitrogens is 1. The second kappa shape index (κ2) is 6.96. The number of aromatic amines is 1. The van der Waals surface area contributed by atoms with Gasteiger partial charge in [-0.1, -0.05) is 34.6 Å². The second-order valence-electron chi connectivity index (χ2n) is 7.37. The Morgan fingerprint density at radius 2 is 1.91 bits per heavy atom. The summed E-state index contributed by atoms with van der Waals surface area (Å²) < 4.78 is 11.2. The van der Waals surface area contributed by atoms with Gasteiger partial charge in [-0.15, -0.1) is 0 Å². The zero-order valence-electron chi connectivity index (χ0n) is 15.2. The van der Waals surface area contributed by atoms with Gasteiger partial charge in [0.1, 0.15) is 5.82 Å². The Bertz CT molecular complexity index is 516. The third kappa shape index (κ3) is 4.43. The van der Waals surface area contributed by atoms with Gasteiger partial charge in [0, 0.05) is 0 Å². The first-order valence-corrected chi connectivity index (χ1v) is 10.8. The molecule has 0 atom stereocenters. The molecule has 22 heavy (non-hydrogen) atoms. The molecule has 0 aromatic carbocycles. The monoisotopic (exact) mass is 326 g/mol. The molecule has 0 unspecified atom stereocenters. The van der Waals surface area contributed by atoms with Crippen LogP contribution in [0.15, 0.2) is 0 Å². The van der Waals surface area contributed by atoms with E-state index in [4.69, 9.17) is 9.16 Å². The van der Waals surface area contributed by atoms with E-state index in [1.54, 1.807) is 6.92 Å². The van der Waals surface area contributed by atoms with Gasteiger partial charge in [-0.05, 0) is 31.0 Å². The molecule has 1 heterocycles. The minimum Gasteiger partial charge on any atom is -0.461 e. The van der Waals surface area contributed by atoms with E-state index in [1.807, 2.05) is 13.8 Å². The molecule has 0 aliphatic heterocycles. The van der Waals surface area contributed by atoms with Gasteiger partial charge >= 0.3 is 5.97 Å². The maximum Gasteiger partial charge on any atom is 0.358 e. The number of nitrogens with one attached hydrogen (secondary N) is 1. The van der Waals surface area contributed by atoms with Crippen LogP contribution in [0.4, 0.5) is 0 Å². The van der Waals surface area contributed by atoms with Crippen LogP contribution in [0.5, 0.6) is 0 Å². The van der Waals surface area contributed by atoms with Crippen LogP contribution in [0.2, 0.25) is 18.1 Å². The van der Waals surface area contributed by atoms with Gasteiger partial charge in [0.25, 0.3) is 0 Å². The number of nitrogens with zero attached hydrogens (tertiary/aromatic N) is 1. The third-order valence-electron chi connectivity index (χ3n) is 4.20. The lowest BCUT2D eigenvalue weighted by molar-refractivity contribution is 0.0518. The maximum absolute atomic E-state index is 12.0. The Morgan fingerprint density at radius 1 is 1.32 bits per heavy atom. The van der Waals surface area contributed by atoms with Gasteiger partial charge in [-0.25, -0.2) is 9.78 Å². The number of hydrogen-bond donors (Lipinski definition) is 1. The largest absolute Gasteiger partial charge is 0.461 e. The fourth-order valence-corrected chi connectivity index (χ4v) is 2.67. The van der Waals surface area contributed by atoms with Crippen molar-refractivity contribution in [3.05, 3.63) is 17.2 Å². The Morgan fingerprint density at radius 3 is 2.36 bits per heavy atom. The summed E-state index contributed by atoms with van der Waals surface area (Å²) in [5, 5.41) is 0.143. The van der Waals surface area contributed by atoms with Gasteiger partial charge in [0.15, 0.2) is 14.0 Å². The summed E-state index contributed by atoms with van der Waals surface area (Å²) in [6.45, 7) is 17.6. The van der Waals surface area contributed by atoms with E-state index in [9.17, 15) is 4.79 Å². The van der Waals surface area contributed by atoms with Crippen LogP contribution in [-0.2, 0) is 15.8 Å². The standard InChI is InChI=1S/C16H30N2O3Si/c1-9-20-15(19)14-13(11(2)3)17-12(18-14)10-21-22(7,8)16(4,5)6/h11H,9-10H2,1-8H3,(H,17,18). The smallest absolute Gasteiger partial charge is 0.358 e. The van der Waals surface area contributed by atoms with Crippen molar-refractivity contribution in [1.29, 1.82) is 0 Å². The Kier molecular flexibility index (Phi) is 5.98. The summed E-state index contributed by atoms with van der Waals surface area (Å²) in [6.07, 6.45) is 0. The molecule has 0 saturated carbocycles. The van der Waals surface area contributed by atoms with E-state index in [-0.39, 0.29) is 16.9 Å². The summed E-state index contributed by atoms with van der Waals surface area (Å²) in [4.78, 5) is 19.6. The van der Waals surface area contributed by atoms with Gasteiger partial charge in [0.2, 0.25) is 0 Å². The predicted octanol–water partition coefficient (Wildman–Crippen LogP) is 4.23. The van der Waals surface area contributed by atoms with Crippen LogP contribution >= 0.6 is 0 Å². The molecule has 126 valence electrons. The Balaban J connectivity index is 2.94. The molecule has 1 aromatic heterocycles. The molecule has 0 aliphatic carbocycles. The van der Waals surface area contributed by atoms with Crippen molar-refractivity contribution in [1.82, 2.24) is 9.97 Å². The average Bonchev–Trinajstić information content (AvgIpc) is 2.80. The zero-order valence-corrected chi connectivity index (χ0v) is 16.2. The average molecular weight is 327 g/mol. The van der Waals surface area contributed by atoms with Crippen LogP contribution in [0.1, 0.15) is 69.5 Å². The van der Waals surface area contributed by atoms with Crippen molar-refractivity contribution in [2.75, 3.05) is 6.61 Å². The lowest BCUT2D eigenvalue weighted by atomic mass is 10.1. The Labute approximate surface area is 134 Å². The molecule has 0 bridgehead atoms. The van der Waals surface area contributed by atoms with Crippen LogP contribution < -0.4 is 0 Å². The molecule has 0 radical (unpaired) electrons. The first-order chi connectivity index (χ1) is 9.99. The van der Waals surface area contributed by atoms with Crippen LogP contribution in [0.3, 0.4) is 0 Å². The van der Waals surface area contributed by atoms with Gasteiger partial charge in [-0.3, -0.25) is 0 Å². The summed E-state index contributed by atoms with van der Waals surface area (Å²) in [5.41, 5.74) is 1.19. The summed E-state index contributed by atoms with van der Waals surface area (Å²) >= 11 is 0. The number of hydrogen-bond acceptors (Lipinski definition) is 4. The van der Waals surface area contributed by atoms with E-state index in [1.165, 1.54) is 0 Å². The van der Waals surface area contributed by atoms with E-state index in [0.29, 0.717) is 24.7 Å². The van der Waals surface area contributed by atoms with Crippen LogP contribution in [0.25, 0.3) is 0 Å². The topological polar surface area (TPSA) is 64.2 Å². The highest BCUT2D eigenvalue weighted by Gasteiger charge is 2.37. The number of imidazole rings is 1. The van der Waals surface area contributed by atoms with E-state index >= 15 is 0 Å². The minimum absolute atomic E-state index is 0.143. The van der Waals surface area contributed by atoms with Gasteiger partial charge in [0.05, 0.1) is 18.9 Å². The quantitative estimate of drug-likeness (QED) is 0.627. The molecule has 5 nitrogen and oxygen atoms in total. The van der Waals surface area contributed by atoms with Gasteiger partial charge in [-0.2, -0.15) is 0 Å². The number of carbonyl (C=O) groups is 1. The number of aromatic nitrogens is 2. The summed E-state index contributed by atoms with van der Waals surface area (Å²) in [5.74, 6) is 0.492. The van der Waals surface area contributed by atoms with Crippen molar-refractivity contribution in [3.8, 4) is 0 Å². The highest BCUT2D eigenvalue weighted by Crippen LogP contribution is 2.37. The van der Waals surface area contributed by atoms with E-state index < -0.39 is 8.32 Å². The first kappa shape index (κ1) is 18.9. The highest BCUT2D eigenvalue weighted by molar-refractivity contribution is 6.74. The Hall–Kier alpha value is -1.14.